The average molecular weight is 359 g/mol. The van der Waals surface area contributed by atoms with E-state index >= 15 is 0 Å². The predicted octanol–water partition coefficient (Wildman–Crippen LogP) is 3.07. The Kier molecular flexibility index (Phi) is 4.40. The number of fused-ring (bicyclic) bond motifs is 1. The molecule has 5 nitrogen and oxygen atoms in total. The van der Waals surface area contributed by atoms with Gasteiger partial charge in [0.1, 0.15) is 6.04 Å². The zero-order valence-electron chi connectivity index (χ0n) is 14.7. The monoisotopic (exact) mass is 359 g/mol. The Morgan fingerprint density at radius 1 is 1.20 bits per heavy atom. The zero-order valence-corrected chi connectivity index (χ0v) is 15.5. The molecule has 2 amide bonds. The van der Waals surface area contributed by atoms with Crippen molar-refractivity contribution < 1.29 is 9.59 Å². The summed E-state index contributed by atoms with van der Waals surface area (Å²) in [6.07, 6.45) is 5.21. The van der Waals surface area contributed by atoms with Crippen LogP contribution in [0.15, 0.2) is 24.3 Å². The third-order valence-electron chi connectivity index (χ3n) is 5.60. The van der Waals surface area contributed by atoms with Crippen LogP contribution in [0.2, 0.25) is 0 Å². The molecule has 6 heteroatoms. The third-order valence-corrected chi connectivity index (χ3v) is 7.11. The molecule has 134 valence electrons. The second-order valence-electron chi connectivity index (χ2n) is 7.35. The number of thioether (sulfide) groups is 1. The van der Waals surface area contributed by atoms with Crippen molar-refractivity contribution >= 4 is 35.0 Å². The SMILES string of the molecule is C[C@]12CCC(=O)N1[C@H](C(=O)Nc1ccc(N3CCCCC3)cc1)CS2. The number of carbonyl (C=O) groups is 2. The second-order valence-corrected chi connectivity index (χ2v) is 8.85. The van der Waals surface area contributed by atoms with Crippen molar-refractivity contribution in [3.05, 3.63) is 24.3 Å². The van der Waals surface area contributed by atoms with Crippen LogP contribution in [-0.2, 0) is 9.59 Å². The fourth-order valence-corrected chi connectivity index (χ4v) is 5.58. The summed E-state index contributed by atoms with van der Waals surface area (Å²) < 4.78 is 0. The first kappa shape index (κ1) is 16.8. The van der Waals surface area contributed by atoms with Gasteiger partial charge in [-0.05, 0) is 56.9 Å². The number of nitrogens with zero attached hydrogens (tertiary/aromatic N) is 2. The van der Waals surface area contributed by atoms with Crippen LogP contribution in [0.5, 0.6) is 0 Å². The molecule has 3 aliphatic heterocycles. The fraction of sp³-hybridized carbons (Fsp3) is 0.579. The van der Waals surface area contributed by atoms with E-state index in [0.29, 0.717) is 12.2 Å². The smallest absolute Gasteiger partial charge is 0.248 e. The van der Waals surface area contributed by atoms with Crippen LogP contribution < -0.4 is 10.2 Å². The molecule has 25 heavy (non-hydrogen) atoms. The van der Waals surface area contributed by atoms with Crippen molar-refractivity contribution in [3.8, 4) is 0 Å². The zero-order chi connectivity index (χ0) is 17.4. The molecular weight excluding hydrogens is 334 g/mol. The van der Waals surface area contributed by atoms with Crippen LogP contribution in [-0.4, -0.2) is 46.5 Å². The summed E-state index contributed by atoms with van der Waals surface area (Å²) in [5.74, 6) is 0.713. The lowest BCUT2D eigenvalue weighted by Gasteiger charge is -2.30. The van der Waals surface area contributed by atoms with Gasteiger partial charge in [0.05, 0.1) is 4.87 Å². The molecule has 4 rings (SSSR count). The molecule has 3 heterocycles. The Morgan fingerprint density at radius 2 is 1.92 bits per heavy atom. The van der Waals surface area contributed by atoms with E-state index in [4.69, 9.17) is 0 Å². The van der Waals surface area contributed by atoms with Crippen molar-refractivity contribution in [1.29, 1.82) is 0 Å². The highest BCUT2D eigenvalue weighted by Crippen LogP contribution is 2.47. The molecule has 1 aromatic carbocycles. The number of hydrogen-bond donors (Lipinski definition) is 1. The summed E-state index contributed by atoms with van der Waals surface area (Å²) in [6.45, 7) is 4.30. The lowest BCUT2D eigenvalue weighted by Crippen LogP contribution is -2.48. The Morgan fingerprint density at radius 3 is 2.64 bits per heavy atom. The highest BCUT2D eigenvalue weighted by molar-refractivity contribution is 8.01. The summed E-state index contributed by atoms with van der Waals surface area (Å²) in [7, 11) is 0. The number of anilines is 2. The quantitative estimate of drug-likeness (QED) is 0.901. The Hall–Kier alpha value is -1.69. The lowest BCUT2D eigenvalue weighted by molar-refractivity contribution is -0.135. The van der Waals surface area contributed by atoms with E-state index in [-0.39, 0.29) is 22.7 Å². The highest BCUT2D eigenvalue weighted by atomic mass is 32.2. The topological polar surface area (TPSA) is 52.7 Å². The Labute approximate surface area is 153 Å². The molecule has 1 N–H and O–H groups in total. The van der Waals surface area contributed by atoms with E-state index < -0.39 is 0 Å². The molecule has 0 bridgehead atoms. The van der Waals surface area contributed by atoms with Gasteiger partial charge in [-0.25, -0.2) is 0 Å². The fourth-order valence-electron chi connectivity index (χ4n) is 4.15. The third kappa shape index (κ3) is 3.12. The van der Waals surface area contributed by atoms with Crippen molar-refractivity contribution in [2.45, 2.75) is 49.9 Å². The molecule has 1 aromatic rings. The van der Waals surface area contributed by atoms with Gasteiger partial charge in [-0.15, -0.1) is 11.8 Å². The van der Waals surface area contributed by atoms with Gasteiger partial charge < -0.3 is 15.1 Å². The van der Waals surface area contributed by atoms with Gasteiger partial charge in [-0.2, -0.15) is 0 Å². The van der Waals surface area contributed by atoms with Crippen LogP contribution >= 0.6 is 11.8 Å². The molecule has 0 spiro atoms. The van der Waals surface area contributed by atoms with Gasteiger partial charge in [0, 0.05) is 36.6 Å². The minimum absolute atomic E-state index is 0.0720. The molecule has 0 aliphatic carbocycles. The van der Waals surface area contributed by atoms with Crippen LogP contribution in [0, 0.1) is 0 Å². The largest absolute Gasteiger partial charge is 0.372 e. The lowest BCUT2D eigenvalue weighted by atomic mass is 10.1. The summed E-state index contributed by atoms with van der Waals surface area (Å²) in [5.41, 5.74) is 2.02. The van der Waals surface area contributed by atoms with E-state index in [1.807, 2.05) is 12.1 Å². The normalized spacial score (nSPS) is 29.0. The summed E-state index contributed by atoms with van der Waals surface area (Å²) in [6, 6.07) is 7.74. The van der Waals surface area contributed by atoms with Gasteiger partial charge in [0.15, 0.2) is 0 Å². The van der Waals surface area contributed by atoms with Crippen LogP contribution in [0.4, 0.5) is 11.4 Å². The summed E-state index contributed by atoms with van der Waals surface area (Å²) >= 11 is 1.72. The maximum absolute atomic E-state index is 12.7. The number of nitrogens with one attached hydrogen (secondary N) is 1. The van der Waals surface area contributed by atoms with Gasteiger partial charge in [0.2, 0.25) is 11.8 Å². The van der Waals surface area contributed by atoms with Crippen LogP contribution in [0.25, 0.3) is 0 Å². The summed E-state index contributed by atoms with van der Waals surface area (Å²) in [4.78, 5) is 28.9. The van der Waals surface area contributed by atoms with Crippen molar-refractivity contribution in [2.75, 3.05) is 29.1 Å². The first-order valence-electron chi connectivity index (χ1n) is 9.19. The van der Waals surface area contributed by atoms with E-state index in [1.54, 1.807) is 16.7 Å². The molecular formula is C19H25N3O2S. The number of piperidine rings is 1. The van der Waals surface area contributed by atoms with Gasteiger partial charge in [0.25, 0.3) is 0 Å². The molecule has 0 aromatic heterocycles. The molecule has 0 unspecified atom stereocenters. The van der Waals surface area contributed by atoms with E-state index in [2.05, 4.69) is 29.3 Å². The number of amides is 2. The van der Waals surface area contributed by atoms with Gasteiger partial charge in [-0.1, -0.05) is 0 Å². The van der Waals surface area contributed by atoms with E-state index in [1.165, 1.54) is 24.9 Å². The predicted molar refractivity (Wildman–Crippen MR) is 102 cm³/mol. The standard InChI is InChI=1S/C19H25N3O2S/c1-19-10-9-17(23)22(19)16(13-25-19)18(24)20-14-5-7-15(8-6-14)21-11-3-2-4-12-21/h5-8,16H,2-4,9-13H2,1H3,(H,20,24)/t16-,19-/m0/s1. The van der Waals surface area contributed by atoms with Crippen LogP contribution in [0.3, 0.4) is 0 Å². The Balaban J connectivity index is 1.42. The molecule has 2 atom stereocenters. The number of benzene rings is 1. The molecule has 0 saturated carbocycles. The maximum Gasteiger partial charge on any atom is 0.248 e. The molecule has 0 radical (unpaired) electrons. The van der Waals surface area contributed by atoms with Crippen molar-refractivity contribution in [1.82, 2.24) is 4.90 Å². The van der Waals surface area contributed by atoms with Crippen LogP contribution in [0.1, 0.15) is 39.0 Å². The average Bonchev–Trinajstić information content (AvgIpc) is 3.13. The van der Waals surface area contributed by atoms with E-state index in [0.717, 1.165) is 25.2 Å². The minimum Gasteiger partial charge on any atom is -0.372 e. The highest BCUT2D eigenvalue weighted by Gasteiger charge is 2.52. The van der Waals surface area contributed by atoms with Gasteiger partial charge >= 0.3 is 0 Å². The van der Waals surface area contributed by atoms with E-state index in [9.17, 15) is 9.59 Å². The van der Waals surface area contributed by atoms with Crippen molar-refractivity contribution in [2.24, 2.45) is 0 Å². The first-order valence-corrected chi connectivity index (χ1v) is 10.2. The minimum atomic E-state index is -0.355. The number of hydrogen-bond acceptors (Lipinski definition) is 4. The summed E-state index contributed by atoms with van der Waals surface area (Å²) in [5, 5.41) is 3.00. The molecule has 3 fully saturated rings. The first-order chi connectivity index (χ1) is 12.1. The Bertz CT molecular complexity index is 672. The number of carbonyl (C=O) groups excluding carboxylic acids is 2. The van der Waals surface area contributed by atoms with Gasteiger partial charge in [-0.3, -0.25) is 9.59 Å². The molecule has 3 saturated heterocycles. The van der Waals surface area contributed by atoms with Crippen molar-refractivity contribution in [3.63, 3.8) is 0 Å². The maximum atomic E-state index is 12.7. The molecule has 3 aliphatic rings. The number of rotatable bonds is 3. The second kappa shape index (κ2) is 6.56.